The highest BCUT2D eigenvalue weighted by Gasteiger charge is 2.44. The standard InChI is InChI=1S/C18H28O2Si3/c1-16(21(2)3)19-23(20-22(4)5,17-12-8-6-9-13-17)18-14-10-7-11-15-18/h6-16,21-22H,1-5H3. The Balaban J connectivity index is 2.58. The molecule has 0 amide bonds. The fraction of sp³-hybridized carbons (Fsp3) is 0.333. The number of hydrogen-bond donors (Lipinski definition) is 0. The van der Waals surface area contributed by atoms with E-state index in [-0.39, 0.29) is 5.73 Å². The first-order chi connectivity index (χ1) is 11.0. The molecule has 0 fully saturated rings. The lowest BCUT2D eigenvalue weighted by molar-refractivity contribution is 0.241. The summed E-state index contributed by atoms with van der Waals surface area (Å²) in [5, 5.41) is 2.43. The average Bonchev–Trinajstić information content (AvgIpc) is 2.55. The van der Waals surface area contributed by atoms with Gasteiger partial charge in [-0.05, 0) is 30.4 Å². The maximum absolute atomic E-state index is 6.80. The van der Waals surface area contributed by atoms with Crippen LogP contribution in [0.4, 0.5) is 0 Å². The van der Waals surface area contributed by atoms with Gasteiger partial charge in [0, 0.05) is 5.73 Å². The third kappa shape index (κ3) is 4.51. The lowest BCUT2D eigenvalue weighted by atomic mass is 10.4. The summed E-state index contributed by atoms with van der Waals surface area (Å²) in [6, 6.07) is 21.2. The average molecular weight is 361 g/mol. The van der Waals surface area contributed by atoms with Gasteiger partial charge in [-0.25, -0.2) is 0 Å². The summed E-state index contributed by atoms with van der Waals surface area (Å²) in [6.45, 7) is 11.4. The normalized spacial score (nSPS) is 13.5. The van der Waals surface area contributed by atoms with Crippen molar-refractivity contribution in [2.24, 2.45) is 0 Å². The summed E-state index contributed by atoms with van der Waals surface area (Å²) in [4.78, 5) is 0. The van der Waals surface area contributed by atoms with Crippen LogP contribution in [0.1, 0.15) is 6.92 Å². The molecule has 2 nitrogen and oxygen atoms in total. The van der Waals surface area contributed by atoms with Crippen molar-refractivity contribution in [3.05, 3.63) is 60.7 Å². The fourth-order valence-corrected chi connectivity index (χ4v) is 10.5. The molecule has 0 saturated carbocycles. The zero-order chi connectivity index (χ0) is 16.9. The van der Waals surface area contributed by atoms with E-state index in [4.69, 9.17) is 8.54 Å². The van der Waals surface area contributed by atoms with E-state index in [0.717, 1.165) is 0 Å². The van der Waals surface area contributed by atoms with E-state index >= 15 is 0 Å². The Hall–Kier alpha value is -0.989. The van der Waals surface area contributed by atoms with Crippen molar-refractivity contribution in [1.82, 2.24) is 0 Å². The predicted octanol–water partition coefficient (Wildman–Crippen LogP) is 2.67. The molecule has 2 aromatic rings. The first kappa shape index (κ1) is 18.4. The molecule has 0 saturated heterocycles. The molecule has 0 aliphatic carbocycles. The van der Waals surface area contributed by atoms with Crippen LogP contribution in [0.15, 0.2) is 60.7 Å². The zero-order valence-corrected chi connectivity index (χ0v) is 18.1. The van der Waals surface area contributed by atoms with E-state index in [0.29, 0.717) is 0 Å². The second-order valence-electron chi connectivity index (χ2n) is 6.58. The van der Waals surface area contributed by atoms with E-state index in [2.05, 4.69) is 93.8 Å². The van der Waals surface area contributed by atoms with E-state index in [9.17, 15) is 0 Å². The third-order valence-corrected chi connectivity index (χ3v) is 12.4. The van der Waals surface area contributed by atoms with Gasteiger partial charge in [-0.2, -0.15) is 0 Å². The van der Waals surface area contributed by atoms with Crippen LogP contribution in [0.25, 0.3) is 0 Å². The molecule has 1 unspecified atom stereocenters. The van der Waals surface area contributed by atoms with Crippen LogP contribution in [0.5, 0.6) is 0 Å². The highest BCUT2D eigenvalue weighted by Crippen LogP contribution is 2.15. The van der Waals surface area contributed by atoms with Crippen molar-refractivity contribution in [3.63, 3.8) is 0 Å². The number of hydrogen-bond acceptors (Lipinski definition) is 2. The summed E-state index contributed by atoms with van der Waals surface area (Å²) < 4.78 is 13.5. The maximum atomic E-state index is 6.80. The van der Waals surface area contributed by atoms with Gasteiger partial charge in [0.15, 0.2) is 9.04 Å². The Morgan fingerprint density at radius 2 is 1.22 bits per heavy atom. The second-order valence-corrected chi connectivity index (χ2v) is 15.7. The maximum Gasteiger partial charge on any atom is 0.396 e. The molecule has 2 aromatic carbocycles. The van der Waals surface area contributed by atoms with Crippen molar-refractivity contribution >= 4 is 36.8 Å². The third-order valence-electron chi connectivity index (χ3n) is 4.00. The molecule has 0 heterocycles. The minimum Gasteiger partial charge on any atom is -0.432 e. The molecule has 1 atom stereocenters. The highest BCUT2D eigenvalue weighted by molar-refractivity contribution is 6.96. The van der Waals surface area contributed by atoms with Crippen molar-refractivity contribution in [1.29, 1.82) is 0 Å². The lowest BCUT2D eigenvalue weighted by Crippen LogP contribution is -2.66. The molecule has 0 radical (unpaired) electrons. The Kier molecular flexibility index (Phi) is 6.55. The van der Waals surface area contributed by atoms with E-state index in [1.165, 1.54) is 10.4 Å². The van der Waals surface area contributed by atoms with Gasteiger partial charge < -0.3 is 8.54 Å². The van der Waals surface area contributed by atoms with Gasteiger partial charge in [-0.15, -0.1) is 0 Å². The summed E-state index contributed by atoms with van der Waals surface area (Å²) in [5.41, 5.74) is 0.287. The molecule has 2 rings (SSSR count). The van der Waals surface area contributed by atoms with Crippen molar-refractivity contribution in [2.45, 2.75) is 38.8 Å². The van der Waals surface area contributed by atoms with Gasteiger partial charge in [0.25, 0.3) is 0 Å². The molecule has 5 heteroatoms. The largest absolute Gasteiger partial charge is 0.432 e. The Morgan fingerprint density at radius 1 is 0.783 bits per heavy atom. The second kappa shape index (κ2) is 8.21. The first-order valence-corrected chi connectivity index (χ1v) is 16.0. The minimum atomic E-state index is -2.64. The topological polar surface area (TPSA) is 18.5 Å². The Morgan fingerprint density at radius 3 is 1.57 bits per heavy atom. The molecular formula is C18H28O2Si3. The molecule has 0 bridgehead atoms. The van der Waals surface area contributed by atoms with Gasteiger partial charge in [0.2, 0.25) is 0 Å². The molecule has 0 aromatic heterocycles. The number of benzene rings is 2. The predicted molar refractivity (Wildman–Crippen MR) is 107 cm³/mol. The van der Waals surface area contributed by atoms with Crippen molar-refractivity contribution in [3.8, 4) is 0 Å². The Bertz CT molecular complexity index is 548. The summed E-state index contributed by atoms with van der Waals surface area (Å²) in [5.74, 6) is 0. The van der Waals surface area contributed by atoms with Gasteiger partial charge in [-0.3, -0.25) is 0 Å². The zero-order valence-electron chi connectivity index (χ0n) is 14.8. The van der Waals surface area contributed by atoms with Gasteiger partial charge >= 0.3 is 8.56 Å². The van der Waals surface area contributed by atoms with Crippen molar-refractivity contribution in [2.75, 3.05) is 0 Å². The fourth-order valence-electron chi connectivity index (χ4n) is 2.51. The van der Waals surface area contributed by atoms with E-state index in [1.807, 2.05) is 0 Å². The number of rotatable bonds is 7. The molecule has 0 aliphatic heterocycles. The molecular weight excluding hydrogens is 332 g/mol. The Labute approximate surface area is 145 Å². The summed E-state index contributed by atoms with van der Waals surface area (Å²) >= 11 is 0. The summed E-state index contributed by atoms with van der Waals surface area (Å²) in [7, 11) is -4.82. The molecule has 23 heavy (non-hydrogen) atoms. The molecule has 124 valence electrons. The van der Waals surface area contributed by atoms with Gasteiger partial charge in [0.1, 0.15) is 0 Å². The monoisotopic (exact) mass is 360 g/mol. The molecule has 0 N–H and O–H groups in total. The molecule has 0 aliphatic rings. The first-order valence-electron chi connectivity index (χ1n) is 8.42. The lowest BCUT2D eigenvalue weighted by Gasteiger charge is -2.37. The summed E-state index contributed by atoms with van der Waals surface area (Å²) in [6.07, 6.45) is 0. The van der Waals surface area contributed by atoms with Crippen LogP contribution in [0.2, 0.25) is 26.2 Å². The van der Waals surface area contributed by atoms with Crippen molar-refractivity contribution < 1.29 is 8.54 Å². The van der Waals surface area contributed by atoms with Crippen LogP contribution in [-0.4, -0.2) is 32.1 Å². The van der Waals surface area contributed by atoms with Crippen LogP contribution in [0, 0.1) is 0 Å². The smallest absolute Gasteiger partial charge is 0.396 e. The van der Waals surface area contributed by atoms with E-state index < -0.39 is 26.4 Å². The molecule has 0 spiro atoms. The van der Waals surface area contributed by atoms with Crippen LogP contribution >= 0.6 is 0 Å². The van der Waals surface area contributed by atoms with Crippen LogP contribution in [0.3, 0.4) is 0 Å². The van der Waals surface area contributed by atoms with Gasteiger partial charge in [-0.1, -0.05) is 73.8 Å². The van der Waals surface area contributed by atoms with Crippen LogP contribution in [-0.2, 0) is 8.54 Å². The van der Waals surface area contributed by atoms with Gasteiger partial charge in [0.05, 0.1) is 8.80 Å². The van der Waals surface area contributed by atoms with Crippen LogP contribution < -0.4 is 10.4 Å². The quantitative estimate of drug-likeness (QED) is 0.707. The SMILES string of the molecule is CC(O[Si](O[SiH](C)C)(c1ccccc1)c1ccccc1)[SiH](C)C. The van der Waals surface area contributed by atoms with E-state index in [1.54, 1.807) is 0 Å². The minimum absolute atomic E-state index is 0.287. The highest BCUT2D eigenvalue weighted by atomic mass is 28.4.